The van der Waals surface area contributed by atoms with Crippen molar-refractivity contribution in [3.63, 3.8) is 0 Å². The summed E-state index contributed by atoms with van der Waals surface area (Å²) in [5, 5.41) is 6.20. The Labute approximate surface area is 93.0 Å². The third kappa shape index (κ3) is 3.20. The van der Waals surface area contributed by atoms with Gasteiger partial charge in [0.15, 0.2) is 0 Å². The van der Waals surface area contributed by atoms with Crippen LogP contribution < -0.4 is 10.6 Å². The van der Waals surface area contributed by atoms with Crippen LogP contribution in [0.3, 0.4) is 0 Å². The monoisotopic (exact) mass is 212 g/mol. The van der Waals surface area contributed by atoms with E-state index in [4.69, 9.17) is 0 Å². The number of hydrogen-bond acceptors (Lipinski definition) is 2. The summed E-state index contributed by atoms with van der Waals surface area (Å²) < 4.78 is 0. The highest BCUT2D eigenvalue weighted by Crippen LogP contribution is 2.40. The van der Waals surface area contributed by atoms with E-state index in [1.165, 1.54) is 6.42 Å². The van der Waals surface area contributed by atoms with Crippen molar-refractivity contribution >= 4 is 5.91 Å². The molecule has 0 aliphatic heterocycles. The SMILES string of the molecule is CNCC1(C(=O)NCC(C)(C)C)CCC1. The molecule has 0 bridgehead atoms. The Kier molecular flexibility index (Phi) is 3.77. The van der Waals surface area contributed by atoms with E-state index in [1.807, 2.05) is 7.05 Å². The number of rotatable bonds is 4. The molecule has 0 heterocycles. The van der Waals surface area contributed by atoms with Gasteiger partial charge in [-0.1, -0.05) is 27.2 Å². The van der Waals surface area contributed by atoms with Crippen molar-refractivity contribution in [3.05, 3.63) is 0 Å². The zero-order valence-electron chi connectivity index (χ0n) is 10.4. The van der Waals surface area contributed by atoms with Crippen molar-refractivity contribution in [3.8, 4) is 0 Å². The van der Waals surface area contributed by atoms with Crippen LogP contribution in [0.2, 0.25) is 0 Å². The van der Waals surface area contributed by atoms with Crippen molar-refractivity contribution < 1.29 is 4.79 Å². The second kappa shape index (κ2) is 4.52. The van der Waals surface area contributed by atoms with Crippen molar-refractivity contribution in [1.29, 1.82) is 0 Å². The molecule has 3 nitrogen and oxygen atoms in total. The van der Waals surface area contributed by atoms with E-state index in [0.717, 1.165) is 25.9 Å². The van der Waals surface area contributed by atoms with Crippen molar-refractivity contribution in [2.24, 2.45) is 10.8 Å². The van der Waals surface area contributed by atoms with Crippen LogP contribution in [0.1, 0.15) is 40.0 Å². The van der Waals surface area contributed by atoms with Crippen LogP contribution in [0.4, 0.5) is 0 Å². The van der Waals surface area contributed by atoms with Gasteiger partial charge in [-0.25, -0.2) is 0 Å². The summed E-state index contributed by atoms with van der Waals surface area (Å²) in [6.45, 7) is 7.98. The molecule has 0 aromatic carbocycles. The fourth-order valence-corrected chi connectivity index (χ4v) is 1.96. The minimum atomic E-state index is -0.111. The summed E-state index contributed by atoms with van der Waals surface area (Å²) in [6.07, 6.45) is 3.25. The average molecular weight is 212 g/mol. The Morgan fingerprint density at radius 3 is 2.27 bits per heavy atom. The minimum absolute atomic E-state index is 0.111. The van der Waals surface area contributed by atoms with Gasteiger partial charge in [0.1, 0.15) is 0 Å². The molecule has 3 heteroatoms. The van der Waals surface area contributed by atoms with Crippen LogP contribution in [0, 0.1) is 10.8 Å². The molecule has 1 aliphatic rings. The van der Waals surface area contributed by atoms with Gasteiger partial charge in [-0.15, -0.1) is 0 Å². The van der Waals surface area contributed by atoms with E-state index < -0.39 is 0 Å². The van der Waals surface area contributed by atoms with E-state index in [-0.39, 0.29) is 16.7 Å². The van der Waals surface area contributed by atoms with Crippen LogP contribution in [-0.4, -0.2) is 26.0 Å². The average Bonchev–Trinajstić information content (AvgIpc) is 2.06. The van der Waals surface area contributed by atoms with Crippen LogP contribution in [0.25, 0.3) is 0 Å². The molecule has 0 aromatic rings. The summed E-state index contributed by atoms with van der Waals surface area (Å²) in [7, 11) is 1.91. The van der Waals surface area contributed by atoms with Gasteiger partial charge in [-0.3, -0.25) is 4.79 Å². The highest BCUT2D eigenvalue weighted by molar-refractivity contribution is 5.83. The van der Waals surface area contributed by atoms with Gasteiger partial charge in [0.2, 0.25) is 5.91 Å². The van der Waals surface area contributed by atoms with Gasteiger partial charge in [-0.05, 0) is 25.3 Å². The standard InChI is InChI=1S/C12H24N2O/c1-11(2,3)8-14-10(15)12(9-13-4)6-5-7-12/h13H,5-9H2,1-4H3,(H,14,15). The van der Waals surface area contributed by atoms with Gasteiger partial charge >= 0.3 is 0 Å². The Morgan fingerprint density at radius 2 is 1.93 bits per heavy atom. The first-order valence-electron chi connectivity index (χ1n) is 5.83. The van der Waals surface area contributed by atoms with E-state index in [1.54, 1.807) is 0 Å². The van der Waals surface area contributed by atoms with Gasteiger partial charge in [0.05, 0.1) is 5.41 Å². The van der Waals surface area contributed by atoms with Crippen LogP contribution in [0.5, 0.6) is 0 Å². The molecule has 1 saturated carbocycles. The second-order valence-electron chi connectivity index (χ2n) is 5.91. The fourth-order valence-electron chi connectivity index (χ4n) is 1.96. The van der Waals surface area contributed by atoms with Crippen molar-refractivity contribution in [1.82, 2.24) is 10.6 Å². The van der Waals surface area contributed by atoms with Crippen molar-refractivity contribution in [2.45, 2.75) is 40.0 Å². The lowest BCUT2D eigenvalue weighted by atomic mass is 9.68. The third-order valence-corrected chi connectivity index (χ3v) is 3.09. The summed E-state index contributed by atoms with van der Waals surface area (Å²) in [6, 6.07) is 0. The van der Waals surface area contributed by atoms with Crippen LogP contribution >= 0.6 is 0 Å². The largest absolute Gasteiger partial charge is 0.355 e. The lowest BCUT2D eigenvalue weighted by Crippen LogP contribution is -2.52. The molecule has 0 saturated heterocycles. The van der Waals surface area contributed by atoms with Gasteiger partial charge in [0.25, 0.3) is 0 Å². The quantitative estimate of drug-likeness (QED) is 0.742. The normalized spacial score (nSPS) is 19.5. The van der Waals surface area contributed by atoms with E-state index in [9.17, 15) is 4.79 Å². The number of amides is 1. The molecular weight excluding hydrogens is 188 g/mol. The molecule has 88 valence electrons. The maximum absolute atomic E-state index is 12.0. The molecule has 1 aliphatic carbocycles. The predicted molar refractivity (Wildman–Crippen MR) is 62.7 cm³/mol. The summed E-state index contributed by atoms with van der Waals surface area (Å²) in [5.74, 6) is 0.234. The molecule has 2 N–H and O–H groups in total. The topological polar surface area (TPSA) is 41.1 Å². The Bertz CT molecular complexity index is 226. The molecule has 1 fully saturated rings. The van der Waals surface area contributed by atoms with Gasteiger partial charge in [-0.2, -0.15) is 0 Å². The summed E-state index contributed by atoms with van der Waals surface area (Å²) in [4.78, 5) is 12.0. The lowest BCUT2D eigenvalue weighted by Gasteiger charge is -2.40. The molecule has 1 rings (SSSR count). The molecule has 0 unspecified atom stereocenters. The van der Waals surface area contributed by atoms with E-state index in [0.29, 0.717) is 0 Å². The number of carbonyl (C=O) groups is 1. The van der Waals surface area contributed by atoms with Gasteiger partial charge < -0.3 is 10.6 Å². The van der Waals surface area contributed by atoms with Crippen molar-refractivity contribution in [2.75, 3.05) is 20.1 Å². The minimum Gasteiger partial charge on any atom is -0.355 e. The summed E-state index contributed by atoms with van der Waals surface area (Å²) in [5.41, 5.74) is 0.0558. The maximum Gasteiger partial charge on any atom is 0.227 e. The third-order valence-electron chi connectivity index (χ3n) is 3.09. The first-order valence-corrected chi connectivity index (χ1v) is 5.83. The van der Waals surface area contributed by atoms with Crippen LogP contribution in [-0.2, 0) is 4.79 Å². The zero-order chi connectivity index (χ0) is 11.5. The molecule has 0 spiro atoms. The molecule has 0 radical (unpaired) electrons. The van der Waals surface area contributed by atoms with Gasteiger partial charge in [0, 0.05) is 13.1 Å². The first-order chi connectivity index (χ1) is 6.90. The predicted octanol–water partition coefficient (Wildman–Crippen LogP) is 1.54. The van der Waals surface area contributed by atoms with E-state index >= 15 is 0 Å². The molecule has 0 aromatic heterocycles. The molecular formula is C12H24N2O. The maximum atomic E-state index is 12.0. The highest BCUT2D eigenvalue weighted by atomic mass is 16.2. The smallest absolute Gasteiger partial charge is 0.227 e. The lowest BCUT2D eigenvalue weighted by molar-refractivity contribution is -0.136. The van der Waals surface area contributed by atoms with Crippen LogP contribution in [0.15, 0.2) is 0 Å². The second-order valence-corrected chi connectivity index (χ2v) is 5.91. The molecule has 1 amide bonds. The number of hydrogen-bond donors (Lipinski definition) is 2. The molecule has 0 atom stereocenters. The Morgan fingerprint density at radius 1 is 1.33 bits per heavy atom. The van der Waals surface area contributed by atoms with E-state index in [2.05, 4.69) is 31.4 Å². The Balaban J connectivity index is 2.44. The summed E-state index contributed by atoms with van der Waals surface area (Å²) >= 11 is 0. The number of carbonyl (C=O) groups excluding carboxylic acids is 1. The first kappa shape index (κ1) is 12.5. The zero-order valence-corrected chi connectivity index (χ0v) is 10.4. The molecule has 15 heavy (non-hydrogen) atoms. The number of nitrogens with one attached hydrogen (secondary N) is 2. The Hall–Kier alpha value is -0.570. The highest BCUT2D eigenvalue weighted by Gasteiger charge is 2.43. The fraction of sp³-hybridized carbons (Fsp3) is 0.917.